The second-order valence-electron chi connectivity index (χ2n) is 5.09. The van der Waals surface area contributed by atoms with Crippen molar-refractivity contribution in [1.29, 1.82) is 0 Å². The molecular weight excluding hydrogens is 406 g/mol. The summed E-state index contributed by atoms with van der Waals surface area (Å²) in [5.74, 6) is -4.45. The smallest absolute Gasteiger partial charge is 0.321 e. The highest BCUT2D eigenvalue weighted by molar-refractivity contribution is 7.91. The van der Waals surface area contributed by atoms with Crippen LogP contribution in [-0.4, -0.2) is 25.0 Å². The van der Waals surface area contributed by atoms with Crippen LogP contribution in [0, 0.1) is 10.1 Å². The minimum absolute atomic E-state index is 0.0762. The van der Waals surface area contributed by atoms with Crippen LogP contribution in [0.15, 0.2) is 53.4 Å². The third kappa shape index (κ3) is 4.86. The van der Waals surface area contributed by atoms with Gasteiger partial charge in [-0.25, -0.2) is 8.42 Å². The molecular formula is C16H11ClF2N2O5S. The van der Waals surface area contributed by atoms with E-state index in [0.717, 1.165) is 24.3 Å². The molecule has 0 bridgehead atoms. The molecule has 2 rings (SSSR count). The summed E-state index contributed by atoms with van der Waals surface area (Å²) in [5.41, 5.74) is -0.378. The summed E-state index contributed by atoms with van der Waals surface area (Å²) in [6.45, 7) is 0. The zero-order chi connectivity index (χ0) is 20.2. The number of carbonyl (C=O) groups is 1. The molecule has 0 fully saturated rings. The lowest BCUT2D eigenvalue weighted by atomic mass is 10.2. The maximum atomic E-state index is 12.7. The van der Waals surface area contributed by atoms with E-state index < -0.39 is 31.3 Å². The Balaban J connectivity index is 2.24. The van der Waals surface area contributed by atoms with Gasteiger partial charge in [0.05, 0.1) is 15.5 Å². The first kappa shape index (κ1) is 20.5. The van der Waals surface area contributed by atoms with Gasteiger partial charge in [-0.15, -0.1) is 0 Å². The third-order valence-corrected chi connectivity index (χ3v) is 5.04. The lowest BCUT2D eigenvalue weighted by Crippen LogP contribution is -2.16. The molecule has 0 aliphatic heterocycles. The largest absolute Gasteiger partial charge is 0.341 e. The van der Waals surface area contributed by atoms with E-state index in [2.05, 4.69) is 5.32 Å². The summed E-state index contributed by atoms with van der Waals surface area (Å²) in [6, 6.07) is 8.56. The topological polar surface area (TPSA) is 106 Å². The van der Waals surface area contributed by atoms with Crippen molar-refractivity contribution in [2.75, 3.05) is 5.32 Å². The lowest BCUT2D eigenvalue weighted by molar-refractivity contribution is -0.384. The number of sulfone groups is 1. The van der Waals surface area contributed by atoms with Crippen molar-refractivity contribution in [1.82, 2.24) is 0 Å². The van der Waals surface area contributed by atoms with Gasteiger partial charge in [-0.3, -0.25) is 14.9 Å². The van der Waals surface area contributed by atoms with Gasteiger partial charge in [-0.1, -0.05) is 29.8 Å². The molecule has 1 amide bonds. The maximum Gasteiger partial charge on any atom is 0.341 e. The zero-order valence-electron chi connectivity index (χ0n) is 13.3. The Bertz CT molecular complexity index is 1030. The van der Waals surface area contributed by atoms with Crippen LogP contribution in [0.25, 0.3) is 6.08 Å². The average molecular weight is 417 g/mol. The van der Waals surface area contributed by atoms with Crippen LogP contribution in [0.5, 0.6) is 0 Å². The van der Waals surface area contributed by atoms with Gasteiger partial charge < -0.3 is 5.32 Å². The number of nitro groups is 1. The van der Waals surface area contributed by atoms with E-state index in [0.29, 0.717) is 0 Å². The molecule has 27 heavy (non-hydrogen) atoms. The molecule has 7 nitrogen and oxygen atoms in total. The van der Waals surface area contributed by atoms with E-state index in [9.17, 15) is 32.1 Å². The van der Waals surface area contributed by atoms with E-state index in [1.165, 1.54) is 30.3 Å². The number of halogens is 3. The van der Waals surface area contributed by atoms with Gasteiger partial charge in [0.1, 0.15) is 5.02 Å². The number of nitrogens with one attached hydrogen (secondary N) is 1. The number of rotatable bonds is 6. The van der Waals surface area contributed by atoms with Crippen LogP contribution in [0.2, 0.25) is 5.02 Å². The van der Waals surface area contributed by atoms with Gasteiger partial charge in [0.15, 0.2) is 0 Å². The van der Waals surface area contributed by atoms with E-state index in [4.69, 9.17) is 11.6 Å². The summed E-state index contributed by atoms with van der Waals surface area (Å²) in [6.07, 6.45) is 2.20. The first-order valence-corrected chi connectivity index (χ1v) is 9.09. The summed E-state index contributed by atoms with van der Waals surface area (Å²) in [5, 5.41) is 13.0. The van der Waals surface area contributed by atoms with Crippen molar-refractivity contribution in [3.63, 3.8) is 0 Å². The molecule has 0 radical (unpaired) electrons. The molecule has 0 saturated carbocycles. The Hall–Kier alpha value is -2.85. The Morgan fingerprint density at radius 2 is 1.89 bits per heavy atom. The van der Waals surface area contributed by atoms with Crippen LogP contribution in [0.3, 0.4) is 0 Å². The van der Waals surface area contributed by atoms with Crippen molar-refractivity contribution in [3.05, 3.63) is 69.2 Å². The number of anilines is 1. The highest BCUT2D eigenvalue weighted by Gasteiger charge is 2.29. The summed E-state index contributed by atoms with van der Waals surface area (Å²) in [4.78, 5) is 21.4. The van der Waals surface area contributed by atoms with Gasteiger partial charge >= 0.3 is 5.76 Å². The third-order valence-electron chi connectivity index (χ3n) is 3.28. The van der Waals surface area contributed by atoms with Crippen LogP contribution in [-0.2, 0) is 14.6 Å². The van der Waals surface area contributed by atoms with Gasteiger partial charge in [-0.05, 0) is 29.8 Å². The number of hydrogen-bond acceptors (Lipinski definition) is 5. The van der Waals surface area contributed by atoms with Gasteiger partial charge in [0.2, 0.25) is 15.7 Å². The number of para-hydroxylation sites is 1. The quantitative estimate of drug-likeness (QED) is 0.436. The second kappa shape index (κ2) is 8.23. The van der Waals surface area contributed by atoms with E-state index >= 15 is 0 Å². The molecule has 0 spiro atoms. The number of nitro benzene ring substituents is 1. The van der Waals surface area contributed by atoms with Crippen LogP contribution < -0.4 is 5.32 Å². The Kier molecular flexibility index (Phi) is 6.24. The van der Waals surface area contributed by atoms with Gasteiger partial charge in [-0.2, -0.15) is 8.78 Å². The number of benzene rings is 2. The van der Waals surface area contributed by atoms with Gasteiger partial charge in [0.25, 0.3) is 5.69 Å². The molecule has 0 atom stereocenters. The predicted molar refractivity (Wildman–Crippen MR) is 95.4 cm³/mol. The SMILES string of the molecule is O=C(/C=C/c1ccc(Cl)c([N+](=O)[O-])c1)Nc1ccccc1S(=O)(=O)C(F)F. The average Bonchev–Trinajstić information content (AvgIpc) is 2.61. The molecule has 0 saturated heterocycles. The summed E-state index contributed by atoms with van der Waals surface area (Å²) >= 11 is 5.68. The van der Waals surface area contributed by atoms with Crippen molar-refractivity contribution < 1.29 is 26.9 Å². The van der Waals surface area contributed by atoms with Crippen molar-refractivity contribution in [2.24, 2.45) is 0 Å². The van der Waals surface area contributed by atoms with E-state index in [-0.39, 0.29) is 22.0 Å². The van der Waals surface area contributed by atoms with Crippen LogP contribution in [0.4, 0.5) is 20.2 Å². The fraction of sp³-hybridized carbons (Fsp3) is 0.0625. The summed E-state index contributed by atoms with van der Waals surface area (Å²) in [7, 11) is -4.90. The molecule has 2 aromatic carbocycles. The fourth-order valence-corrected chi connectivity index (χ4v) is 3.11. The molecule has 0 aromatic heterocycles. The standard InChI is InChI=1S/C16H11ClF2N2O5S/c17-11-7-5-10(9-13(11)21(23)24)6-8-15(22)20-12-3-1-2-4-14(12)27(25,26)16(18)19/h1-9,16H,(H,20,22)/b8-6+. The molecule has 1 N–H and O–H groups in total. The molecule has 2 aromatic rings. The molecule has 0 unspecified atom stereocenters. The number of amides is 1. The van der Waals surface area contributed by atoms with Crippen molar-refractivity contribution in [3.8, 4) is 0 Å². The molecule has 11 heteroatoms. The first-order valence-electron chi connectivity index (χ1n) is 7.17. The predicted octanol–water partition coefficient (Wildman–Crippen LogP) is 3.90. The maximum absolute atomic E-state index is 12.7. The molecule has 0 aliphatic rings. The fourth-order valence-electron chi connectivity index (χ4n) is 2.03. The molecule has 0 aliphatic carbocycles. The Morgan fingerprint density at radius 1 is 1.22 bits per heavy atom. The highest BCUT2D eigenvalue weighted by Crippen LogP contribution is 2.27. The van der Waals surface area contributed by atoms with Crippen molar-refractivity contribution >= 4 is 44.8 Å². The minimum Gasteiger partial charge on any atom is -0.321 e. The summed E-state index contributed by atoms with van der Waals surface area (Å²) < 4.78 is 48.8. The highest BCUT2D eigenvalue weighted by atomic mass is 35.5. The number of hydrogen-bond donors (Lipinski definition) is 1. The number of nitrogens with zero attached hydrogens (tertiary/aromatic N) is 1. The zero-order valence-corrected chi connectivity index (χ0v) is 14.9. The first-order chi connectivity index (χ1) is 12.6. The van der Waals surface area contributed by atoms with Crippen LogP contribution >= 0.6 is 11.6 Å². The second-order valence-corrected chi connectivity index (χ2v) is 7.39. The lowest BCUT2D eigenvalue weighted by Gasteiger charge is -2.09. The number of alkyl halides is 2. The molecule has 142 valence electrons. The minimum atomic E-state index is -4.90. The monoisotopic (exact) mass is 416 g/mol. The van der Waals surface area contributed by atoms with Crippen LogP contribution in [0.1, 0.15) is 5.56 Å². The van der Waals surface area contributed by atoms with Crippen molar-refractivity contribution in [2.45, 2.75) is 10.7 Å². The normalized spacial score (nSPS) is 11.7. The van der Waals surface area contributed by atoms with Gasteiger partial charge in [0, 0.05) is 12.1 Å². The molecule has 0 heterocycles. The van der Waals surface area contributed by atoms with E-state index in [1.54, 1.807) is 0 Å². The Morgan fingerprint density at radius 3 is 2.52 bits per heavy atom. The van der Waals surface area contributed by atoms with E-state index in [1.807, 2.05) is 0 Å². The number of carbonyl (C=O) groups excluding carboxylic acids is 1. The Labute approximate surface area is 157 Å².